The fraction of sp³-hybridized carbons (Fsp3) is 0.450. The monoisotopic (exact) mass is 373 g/mol. The highest BCUT2D eigenvalue weighted by Gasteiger charge is 2.32. The second-order valence-corrected chi connectivity index (χ2v) is 7.55. The lowest BCUT2D eigenvalue weighted by molar-refractivity contribution is 0.122. The maximum absolute atomic E-state index is 13.4. The number of hydrogen-bond donors (Lipinski definition) is 2. The SMILES string of the molecule is CC1(C)Cc2cc(NC(O)c3cccc(F)n3)c(N3CCOCC3)cc2O1. The van der Waals surface area contributed by atoms with Crippen LogP contribution in [0.3, 0.4) is 0 Å². The van der Waals surface area contributed by atoms with E-state index in [1.165, 1.54) is 12.1 Å². The summed E-state index contributed by atoms with van der Waals surface area (Å²) in [5.41, 5.74) is 2.77. The Hall–Kier alpha value is -2.38. The van der Waals surface area contributed by atoms with E-state index in [-0.39, 0.29) is 11.3 Å². The van der Waals surface area contributed by atoms with Crippen LogP contribution in [0.2, 0.25) is 0 Å². The largest absolute Gasteiger partial charge is 0.487 e. The van der Waals surface area contributed by atoms with Crippen molar-refractivity contribution in [3.8, 4) is 5.75 Å². The molecule has 7 heteroatoms. The van der Waals surface area contributed by atoms with Crippen molar-refractivity contribution in [2.75, 3.05) is 36.5 Å². The van der Waals surface area contributed by atoms with Gasteiger partial charge in [-0.15, -0.1) is 0 Å². The number of morpholine rings is 1. The summed E-state index contributed by atoms with van der Waals surface area (Å²) in [4.78, 5) is 5.97. The van der Waals surface area contributed by atoms with Crippen molar-refractivity contribution in [3.05, 3.63) is 47.5 Å². The summed E-state index contributed by atoms with van der Waals surface area (Å²) in [6.45, 7) is 6.92. The van der Waals surface area contributed by atoms with Crippen LogP contribution in [0.25, 0.3) is 0 Å². The zero-order valence-corrected chi connectivity index (χ0v) is 15.5. The number of rotatable bonds is 4. The molecule has 0 spiro atoms. The Labute approximate surface area is 157 Å². The molecule has 2 N–H and O–H groups in total. The lowest BCUT2D eigenvalue weighted by atomic mass is 10.0. The van der Waals surface area contributed by atoms with Gasteiger partial charge in [0.25, 0.3) is 0 Å². The Morgan fingerprint density at radius 1 is 1.26 bits per heavy atom. The molecule has 6 nitrogen and oxygen atoms in total. The standard InChI is InChI=1S/C20H24FN3O3/c1-20(2)12-13-10-15(23-19(25)14-4-3-5-18(21)22-14)16(11-17(13)27-20)24-6-8-26-9-7-24/h3-5,10-11,19,23,25H,6-9,12H2,1-2H3. The molecule has 0 aliphatic carbocycles. The van der Waals surface area contributed by atoms with Gasteiger partial charge in [-0.25, -0.2) is 4.98 Å². The van der Waals surface area contributed by atoms with E-state index >= 15 is 0 Å². The minimum absolute atomic E-state index is 0.236. The molecule has 1 unspecified atom stereocenters. The number of nitrogens with zero attached hydrogens (tertiary/aromatic N) is 2. The van der Waals surface area contributed by atoms with Gasteiger partial charge in [0, 0.05) is 31.1 Å². The first-order chi connectivity index (χ1) is 12.9. The summed E-state index contributed by atoms with van der Waals surface area (Å²) in [6, 6.07) is 8.41. The predicted molar refractivity (Wildman–Crippen MR) is 101 cm³/mol. The van der Waals surface area contributed by atoms with Crippen LogP contribution in [0.4, 0.5) is 15.8 Å². The lowest BCUT2D eigenvalue weighted by Crippen LogP contribution is -2.36. The van der Waals surface area contributed by atoms with E-state index < -0.39 is 12.2 Å². The van der Waals surface area contributed by atoms with Crippen LogP contribution in [-0.2, 0) is 11.2 Å². The molecule has 2 aliphatic heterocycles. The maximum Gasteiger partial charge on any atom is 0.213 e. The average molecular weight is 373 g/mol. The molecule has 27 heavy (non-hydrogen) atoms. The Morgan fingerprint density at radius 2 is 2.04 bits per heavy atom. The van der Waals surface area contributed by atoms with E-state index in [9.17, 15) is 9.50 Å². The van der Waals surface area contributed by atoms with Gasteiger partial charge in [-0.3, -0.25) is 0 Å². The lowest BCUT2D eigenvalue weighted by Gasteiger charge is -2.31. The smallest absolute Gasteiger partial charge is 0.213 e. The van der Waals surface area contributed by atoms with Crippen LogP contribution in [0.15, 0.2) is 30.3 Å². The first kappa shape index (κ1) is 18.0. The molecular formula is C20H24FN3O3. The quantitative estimate of drug-likeness (QED) is 0.635. The number of hydrogen-bond acceptors (Lipinski definition) is 6. The summed E-state index contributed by atoms with van der Waals surface area (Å²) in [5.74, 6) is 0.247. The molecule has 2 aliphatic rings. The van der Waals surface area contributed by atoms with E-state index in [1.54, 1.807) is 6.07 Å². The molecule has 1 aromatic heterocycles. The molecule has 0 saturated carbocycles. The molecule has 1 saturated heterocycles. The van der Waals surface area contributed by atoms with Crippen LogP contribution in [0.5, 0.6) is 5.75 Å². The number of benzene rings is 1. The van der Waals surface area contributed by atoms with Crippen LogP contribution < -0.4 is 15.0 Å². The van der Waals surface area contributed by atoms with Gasteiger partial charge in [0.2, 0.25) is 5.95 Å². The third-order valence-electron chi connectivity index (χ3n) is 4.84. The molecule has 1 atom stereocenters. The van der Waals surface area contributed by atoms with Gasteiger partial charge in [-0.1, -0.05) is 6.07 Å². The number of anilines is 2. The predicted octanol–water partition coefficient (Wildman–Crippen LogP) is 2.87. The fourth-order valence-corrected chi connectivity index (χ4v) is 3.62. The van der Waals surface area contributed by atoms with Crippen molar-refractivity contribution >= 4 is 11.4 Å². The van der Waals surface area contributed by atoms with E-state index in [4.69, 9.17) is 9.47 Å². The topological polar surface area (TPSA) is 66.9 Å². The third-order valence-corrected chi connectivity index (χ3v) is 4.84. The first-order valence-electron chi connectivity index (χ1n) is 9.17. The molecule has 3 heterocycles. The Bertz CT molecular complexity index is 837. The van der Waals surface area contributed by atoms with E-state index in [1.807, 2.05) is 12.1 Å². The number of halogens is 1. The molecule has 144 valence electrons. The van der Waals surface area contributed by atoms with Gasteiger partial charge in [-0.2, -0.15) is 4.39 Å². The highest BCUT2D eigenvalue weighted by atomic mass is 19.1. The molecule has 1 aromatic carbocycles. The van der Waals surface area contributed by atoms with E-state index in [2.05, 4.69) is 29.0 Å². The second-order valence-electron chi connectivity index (χ2n) is 7.55. The highest BCUT2D eigenvalue weighted by Crippen LogP contribution is 2.42. The molecule has 0 amide bonds. The van der Waals surface area contributed by atoms with Crippen molar-refractivity contribution in [2.24, 2.45) is 0 Å². The van der Waals surface area contributed by atoms with Crippen LogP contribution in [0, 0.1) is 5.95 Å². The highest BCUT2D eigenvalue weighted by molar-refractivity contribution is 5.75. The number of nitrogens with one attached hydrogen (secondary N) is 1. The van der Waals surface area contributed by atoms with Crippen molar-refractivity contribution in [3.63, 3.8) is 0 Å². The summed E-state index contributed by atoms with van der Waals surface area (Å²) in [6.07, 6.45) is -0.330. The van der Waals surface area contributed by atoms with Gasteiger partial charge in [0.05, 0.1) is 30.3 Å². The fourth-order valence-electron chi connectivity index (χ4n) is 3.62. The summed E-state index contributed by atoms with van der Waals surface area (Å²) in [5, 5.41) is 13.7. The molecular weight excluding hydrogens is 349 g/mol. The minimum atomic E-state index is -1.12. The Balaban J connectivity index is 1.67. The van der Waals surface area contributed by atoms with E-state index in [0.717, 1.165) is 42.2 Å². The number of aromatic nitrogens is 1. The molecule has 2 aromatic rings. The van der Waals surface area contributed by atoms with Gasteiger partial charge < -0.3 is 24.8 Å². The molecule has 0 radical (unpaired) electrons. The van der Waals surface area contributed by atoms with Crippen molar-refractivity contribution in [1.82, 2.24) is 4.98 Å². The van der Waals surface area contributed by atoms with Crippen molar-refractivity contribution in [1.29, 1.82) is 0 Å². The van der Waals surface area contributed by atoms with Gasteiger partial charge in [0.1, 0.15) is 11.4 Å². The Kier molecular flexibility index (Phi) is 4.65. The number of ether oxygens (including phenoxy) is 2. The molecule has 1 fully saturated rings. The number of aliphatic hydroxyl groups is 1. The van der Waals surface area contributed by atoms with Crippen molar-refractivity contribution < 1.29 is 19.0 Å². The summed E-state index contributed by atoms with van der Waals surface area (Å²) >= 11 is 0. The van der Waals surface area contributed by atoms with Gasteiger partial charge in [0.15, 0.2) is 6.23 Å². The average Bonchev–Trinajstić information content (AvgIpc) is 2.94. The summed E-state index contributed by atoms with van der Waals surface area (Å²) < 4.78 is 24.9. The van der Waals surface area contributed by atoms with Gasteiger partial charge >= 0.3 is 0 Å². The van der Waals surface area contributed by atoms with E-state index in [0.29, 0.717) is 13.2 Å². The summed E-state index contributed by atoms with van der Waals surface area (Å²) in [7, 11) is 0. The first-order valence-corrected chi connectivity index (χ1v) is 9.17. The minimum Gasteiger partial charge on any atom is -0.487 e. The van der Waals surface area contributed by atoms with Crippen LogP contribution in [0.1, 0.15) is 31.3 Å². The number of aliphatic hydroxyl groups excluding tert-OH is 1. The normalized spacial score (nSPS) is 19.3. The van der Waals surface area contributed by atoms with Gasteiger partial charge in [-0.05, 0) is 32.0 Å². The Morgan fingerprint density at radius 3 is 2.78 bits per heavy atom. The zero-order valence-electron chi connectivity index (χ0n) is 15.5. The maximum atomic E-state index is 13.4. The van der Waals surface area contributed by atoms with Crippen LogP contribution >= 0.6 is 0 Å². The molecule has 4 rings (SSSR count). The third kappa shape index (κ3) is 3.84. The second kappa shape index (κ2) is 6.98. The number of pyridine rings is 1. The molecule has 0 bridgehead atoms. The van der Waals surface area contributed by atoms with Crippen molar-refractivity contribution in [2.45, 2.75) is 32.1 Å². The number of fused-ring (bicyclic) bond motifs is 1. The van der Waals surface area contributed by atoms with Crippen LogP contribution in [-0.4, -0.2) is 42.0 Å². The zero-order chi connectivity index (χ0) is 19.0.